The van der Waals surface area contributed by atoms with Crippen molar-refractivity contribution in [2.75, 3.05) is 12.3 Å². The van der Waals surface area contributed by atoms with E-state index < -0.39 is 23.3 Å². The zero-order chi connectivity index (χ0) is 20.1. The van der Waals surface area contributed by atoms with Gasteiger partial charge in [0.25, 0.3) is 0 Å². The summed E-state index contributed by atoms with van der Waals surface area (Å²) in [6.45, 7) is 6.90. The van der Waals surface area contributed by atoms with Gasteiger partial charge in [-0.3, -0.25) is 4.90 Å². The molecule has 2 N–H and O–H groups in total. The van der Waals surface area contributed by atoms with Crippen molar-refractivity contribution in [2.45, 2.75) is 51.9 Å². The Labute approximate surface area is 166 Å². The molecule has 2 nitrogen and oxygen atoms in total. The average molecular weight is 441 g/mol. The van der Waals surface area contributed by atoms with Crippen molar-refractivity contribution in [3.05, 3.63) is 62.6 Å². The molecule has 2 aromatic carbocycles. The summed E-state index contributed by atoms with van der Waals surface area (Å²) in [5.41, 5.74) is 7.84. The molecule has 1 aliphatic rings. The highest BCUT2D eigenvalue weighted by molar-refractivity contribution is 9.10. The minimum absolute atomic E-state index is 0.0561. The van der Waals surface area contributed by atoms with Gasteiger partial charge >= 0.3 is 0 Å². The van der Waals surface area contributed by atoms with E-state index in [0.717, 1.165) is 16.7 Å². The fourth-order valence-electron chi connectivity index (χ4n) is 3.99. The van der Waals surface area contributed by atoms with Crippen molar-refractivity contribution in [1.82, 2.24) is 4.90 Å². The smallest absolute Gasteiger partial charge is 0.132 e. The lowest BCUT2D eigenvalue weighted by atomic mass is 9.81. The molecule has 0 amide bonds. The SMILES string of the molecule is Cc1c(N)ccc2c1C[C@@H](C)N(CC(C)(C)F)[C@@H]2c1c(F)cc(Br)cc1F. The summed E-state index contributed by atoms with van der Waals surface area (Å²) in [5.74, 6) is -1.30. The van der Waals surface area contributed by atoms with E-state index in [0.29, 0.717) is 16.6 Å². The lowest BCUT2D eigenvalue weighted by Crippen LogP contribution is -2.48. The molecule has 0 aliphatic carbocycles. The van der Waals surface area contributed by atoms with E-state index in [9.17, 15) is 13.2 Å². The predicted molar refractivity (Wildman–Crippen MR) is 107 cm³/mol. The van der Waals surface area contributed by atoms with Crippen LogP contribution in [0.25, 0.3) is 0 Å². The van der Waals surface area contributed by atoms with E-state index in [2.05, 4.69) is 15.9 Å². The zero-order valence-corrected chi connectivity index (χ0v) is 17.5. The highest BCUT2D eigenvalue weighted by atomic mass is 79.9. The zero-order valence-electron chi connectivity index (χ0n) is 15.9. The van der Waals surface area contributed by atoms with E-state index in [1.807, 2.05) is 24.8 Å². The van der Waals surface area contributed by atoms with Gasteiger partial charge in [-0.25, -0.2) is 13.2 Å². The second-order valence-corrected chi connectivity index (χ2v) is 8.89. The number of nitrogens with two attached hydrogens (primary N) is 1. The maximum absolute atomic E-state index is 14.9. The number of rotatable bonds is 3. The van der Waals surface area contributed by atoms with E-state index in [-0.39, 0.29) is 18.2 Å². The first-order valence-electron chi connectivity index (χ1n) is 8.96. The van der Waals surface area contributed by atoms with E-state index in [4.69, 9.17) is 5.73 Å². The molecular weight excluding hydrogens is 417 g/mol. The molecular formula is C21H24BrF3N2. The summed E-state index contributed by atoms with van der Waals surface area (Å²) in [4.78, 5) is 1.85. The first-order chi connectivity index (χ1) is 12.5. The van der Waals surface area contributed by atoms with Gasteiger partial charge in [0.1, 0.15) is 17.3 Å². The maximum atomic E-state index is 14.9. The third-order valence-electron chi connectivity index (χ3n) is 5.24. The van der Waals surface area contributed by atoms with Gasteiger partial charge < -0.3 is 5.73 Å². The van der Waals surface area contributed by atoms with Gasteiger partial charge in [-0.05, 0) is 69.0 Å². The van der Waals surface area contributed by atoms with Crippen LogP contribution >= 0.6 is 15.9 Å². The molecule has 0 unspecified atom stereocenters. The number of fused-ring (bicyclic) bond motifs is 1. The molecule has 6 heteroatoms. The highest BCUT2D eigenvalue weighted by Crippen LogP contribution is 2.43. The van der Waals surface area contributed by atoms with Crippen LogP contribution in [0.4, 0.5) is 18.9 Å². The summed E-state index contributed by atoms with van der Waals surface area (Å²) < 4.78 is 44.7. The fraction of sp³-hybridized carbons (Fsp3) is 0.429. The molecule has 0 radical (unpaired) electrons. The summed E-state index contributed by atoms with van der Waals surface area (Å²) >= 11 is 3.13. The van der Waals surface area contributed by atoms with Crippen LogP contribution in [0, 0.1) is 18.6 Å². The molecule has 2 atom stereocenters. The third kappa shape index (κ3) is 3.87. The maximum Gasteiger partial charge on any atom is 0.132 e. The van der Waals surface area contributed by atoms with Crippen LogP contribution < -0.4 is 5.73 Å². The number of benzene rings is 2. The van der Waals surface area contributed by atoms with Gasteiger partial charge in [-0.2, -0.15) is 0 Å². The summed E-state index contributed by atoms with van der Waals surface area (Å²) in [5, 5.41) is 0. The van der Waals surface area contributed by atoms with Crippen molar-refractivity contribution in [3.63, 3.8) is 0 Å². The molecule has 1 aliphatic heterocycles. The lowest BCUT2D eigenvalue weighted by molar-refractivity contribution is 0.0651. The number of hydrogen-bond donors (Lipinski definition) is 1. The van der Waals surface area contributed by atoms with Crippen LogP contribution in [0.2, 0.25) is 0 Å². The first-order valence-corrected chi connectivity index (χ1v) is 9.76. The number of hydrogen-bond acceptors (Lipinski definition) is 2. The normalized spacial score (nSPS) is 20.6. The van der Waals surface area contributed by atoms with Crippen molar-refractivity contribution >= 4 is 21.6 Å². The van der Waals surface area contributed by atoms with Gasteiger partial charge in [0.05, 0.1) is 6.04 Å². The van der Waals surface area contributed by atoms with Crippen molar-refractivity contribution < 1.29 is 13.2 Å². The second-order valence-electron chi connectivity index (χ2n) is 7.98. The lowest BCUT2D eigenvalue weighted by Gasteiger charge is -2.44. The van der Waals surface area contributed by atoms with Crippen LogP contribution in [0.3, 0.4) is 0 Å². The molecule has 3 rings (SSSR count). The molecule has 2 aromatic rings. The molecule has 0 spiro atoms. The van der Waals surface area contributed by atoms with Crippen molar-refractivity contribution in [3.8, 4) is 0 Å². The van der Waals surface area contributed by atoms with E-state index >= 15 is 0 Å². The molecule has 0 aromatic heterocycles. The number of alkyl halides is 1. The largest absolute Gasteiger partial charge is 0.399 e. The second kappa shape index (κ2) is 7.13. The van der Waals surface area contributed by atoms with Crippen LogP contribution in [0.15, 0.2) is 28.7 Å². The van der Waals surface area contributed by atoms with E-state index in [1.54, 1.807) is 6.07 Å². The quantitative estimate of drug-likeness (QED) is 0.619. The Bertz CT molecular complexity index is 853. The number of nitrogens with zero attached hydrogens (tertiary/aromatic N) is 1. The van der Waals surface area contributed by atoms with Gasteiger partial charge in [-0.15, -0.1) is 0 Å². The van der Waals surface area contributed by atoms with Crippen LogP contribution in [0.5, 0.6) is 0 Å². The standard InChI is InChI=1S/C21H24BrF3N2/c1-11-7-15-12(2)18(26)6-5-14(15)20(27(11)10-21(3,4)25)19-16(23)8-13(22)9-17(19)24/h5-6,8-9,11,20H,7,10,26H2,1-4H3/t11-,20+/m1/s1. The average Bonchev–Trinajstić information content (AvgIpc) is 2.52. The first kappa shape index (κ1) is 20.2. The molecule has 0 saturated heterocycles. The minimum Gasteiger partial charge on any atom is -0.399 e. The Balaban J connectivity index is 2.27. The molecule has 1 heterocycles. The molecule has 27 heavy (non-hydrogen) atoms. The Hall–Kier alpha value is -1.53. The Morgan fingerprint density at radius 2 is 1.81 bits per heavy atom. The van der Waals surface area contributed by atoms with Gasteiger partial charge in [-0.1, -0.05) is 22.0 Å². The van der Waals surface area contributed by atoms with Gasteiger partial charge in [0, 0.05) is 28.3 Å². The fourth-order valence-corrected chi connectivity index (χ4v) is 4.39. The Morgan fingerprint density at radius 3 is 2.37 bits per heavy atom. The van der Waals surface area contributed by atoms with Gasteiger partial charge in [0.2, 0.25) is 0 Å². The Morgan fingerprint density at radius 1 is 1.22 bits per heavy atom. The molecule has 0 saturated carbocycles. The summed E-state index contributed by atoms with van der Waals surface area (Å²) in [6, 6.07) is 5.25. The summed E-state index contributed by atoms with van der Waals surface area (Å²) in [7, 11) is 0. The van der Waals surface area contributed by atoms with E-state index in [1.165, 1.54) is 26.0 Å². The monoisotopic (exact) mass is 440 g/mol. The van der Waals surface area contributed by atoms with Crippen molar-refractivity contribution in [2.24, 2.45) is 0 Å². The molecule has 0 fully saturated rings. The van der Waals surface area contributed by atoms with Crippen LogP contribution in [-0.2, 0) is 6.42 Å². The third-order valence-corrected chi connectivity index (χ3v) is 5.70. The van der Waals surface area contributed by atoms with Crippen LogP contribution in [-0.4, -0.2) is 23.2 Å². The Kier molecular flexibility index (Phi) is 5.34. The minimum atomic E-state index is -1.50. The summed E-state index contributed by atoms with van der Waals surface area (Å²) in [6.07, 6.45) is 0.651. The van der Waals surface area contributed by atoms with Gasteiger partial charge in [0.15, 0.2) is 0 Å². The van der Waals surface area contributed by atoms with Crippen molar-refractivity contribution in [1.29, 1.82) is 0 Å². The number of anilines is 1. The molecule has 0 bridgehead atoms. The topological polar surface area (TPSA) is 29.3 Å². The van der Waals surface area contributed by atoms with Crippen LogP contribution in [0.1, 0.15) is 49.1 Å². The number of halogens is 4. The highest BCUT2D eigenvalue weighted by Gasteiger charge is 2.39. The predicted octanol–water partition coefficient (Wildman–Crippen LogP) is 5.70. The molecule has 146 valence electrons. The number of nitrogen functional groups attached to an aromatic ring is 1.